The second-order valence-electron chi connectivity index (χ2n) is 11.3. The fourth-order valence-electron chi connectivity index (χ4n) is 4.55. The summed E-state index contributed by atoms with van der Waals surface area (Å²) in [6, 6.07) is 51.8. The highest BCUT2D eigenvalue weighted by Crippen LogP contribution is 2.21. The highest BCUT2D eigenvalue weighted by molar-refractivity contribution is 6.67. The number of carboxylic acids is 1. The molecule has 6 aromatic carbocycles. The third-order valence-corrected chi connectivity index (χ3v) is 7.32. The molecule has 0 saturated carbocycles. The minimum atomic E-state index is -0.894. The first-order valence-electron chi connectivity index (χ1n) is 16.3. The molecule has 0 aliphatic rings. The van der Waals surface area contributed by atoms with Crippen molar-refractivity contribution >= 4 is 28.7 Å². The van der Waals surface area contributed by atoms with E-state index in [4.69, 9.17) is 16.7 Å². The monoisotopic (exact) mass is 683 g/mol. The van der Waals surface area contributed by atoms with Crippen molar-refractivity contribution in [3.63, 3.8) is 0 Å². The number of carboxylic acid groups (broad SMARTS) is 1. The number of rotatable bonds is 6. The van der Waals surface area contributed by atoms with Gasteiger partial charge in [-0.15, -0.1) is 0 Å². The highest BCUT2D eigenvalue weighted by atomic mass is 35.5. The molecule has 6 rings (SSSR count). The maximum absolute atomic E-state index is 11.7. The molecule has 0 bridgehead atoms. The molecule has 50 heavy (non-hydrogen) atoms. The molecular weight excluding hydrogens is 642 g/mol. The standard InChI is InChI=1S/C15H15NO.C13H9ClO.C13H10O2.C3H8/c1-16(2)15(17)14-10-8-13(9-11-14)12-6-4-3-5-7-12;2*14-13(15)12-8-6-11(7-9-12)10-4-2-1-3-5-10;1-3-2/h3-11H,1-2H3;1-9H;1-9H,(H,14,15);3H2,1-2H3. The Morgan fingerprint density at radius 1 is 0.460 bits per heavy atom. The van der Waals surface area contributed by atoms with Crippen molar-refractivity contribution in [1.82, 2.24) is 4.90 Å². The van der Waals surface area contributed by atoms with Crippen molar-refractivity contribution in [1.29, 1.82) is 0 Å². The molecule has 0 radical (unpaired) electrons. The lowest BCUT2D eigenvalue weighted by Crippen LogP contribution is -2.21. The second kappa shape index (κ2) is 20.6. The fraction of sp³-hybridized carbons (Fsp3) is 0.114. The number of carbonyl (C=O) groups excluding carboxylic acids is 2. The van der Waals surface area contributed by atoms with Crippen LogP contribution in [0.25, 0.3) is 33.4 Å². The summed E-state index contributed by atoms with van der Waals surface area (Å²) in [7, 11) is 3.51. The Bertz CT molecular complexity index is 1800. The van der Waals surface area contributed by atoms with E-state index in [0.717, 1.165) is 38.9 Å². The minimum Gasteiger partial charge on any atom is -0.478 e. The average molecular weight is 684 g/mol. The summed E-state index contributed by atoms with van der Waals surface area (Å²) >= 11 is 5.36. The van der Waals surface area contributed by atoms with E-state index >= 15 is 0 Å². The van der Waals surface area contributed by atoms with Gasteiger partial charge in [0.15, 0.2) is 0 Å². The minimum absolute atomic E-state index is 0.0320. The maximum Gasteiger partial charge on any atom is 0.335 e. The third-order valence-electron chi connectivity index (χ3n) is 7.10. The fourth-order valence-corrected chi connectivity index (χ4v) is 4.68. The number of hydrogen-bond donors (Lipinski definition) is 1. The molecule has 6 heteroatoms. The van der Waals surface area contributed by atoms with Gasteiger partial charge in [0, 0.05) is 25.2 Å². The first kappa shape index (κ1) is 38.7. The molecule has 254 valence electrons. The van der Waals surface area contributed by atoms with Crippen molar-refractivity contribution in [3.8, 4) is 33.4 Å². The molecule has 0 aliphatic heterocycles. The smallest absolute Gasteiger partial charge is 0.335 e. The van der Waals surface area contributed by atoms with Gasteiger partial charge in [0.2, 0.25) is 0 Å². The topological polar surface area (TPSA) is 74.7 Å². The Balaban J connectivity index is 0.000000195. The summed E-state index contributed by atoms with van der Waals surface area (Å²) in [5, 5.41) is 8.32. The van der Waals surface area contributed by atoms with Gasteiger partial charge >= 0.3 is 5.97 Å². The second-order valence-corrected chi connectivity index (χ2v) is 11.7. The number of halogens is 1. The molecule has 0 atom stereocenters. The van der Waals surface area contributed by atoms with Crippen molar-refractivity contribution < 1.29 is 19.5 Å². The van der Waals surface area contributed by atoms with Crippen LogP contribution in [0, 0.1) is 0 Å². The van der Waals surface area contributed by atoms with E-state index in [1.54, 1.807) is 43.3 Å². The van der Waals surface area contributed by atoms with E-state index in [2.05, 4.69) is 26.0 Å². The number of aromatic carboxylic acids is 1. The normalized spacial score (nSPS) is 9.70. The van der Waals surface area contributed by atoms with Crippen LogP contribution in [0.1, 0.15) is 51.3 Å². The Hall–Kier alpha value is -5.78. The molecule has 5 nitrogen and oxygen atoms in total. The van der Waals surface area contributed by atoms with Crippen LogP contribution in [-0.2, 0) is 0 Å². The predicted octanol–water partition coefficient (Wildman–Crippen LogP) is 11.3. The number of carbonyl (C=O) groups is 3. The van der Waals surface area contributed by atoms with Gasteiger partial charge in [-0.1, -0.05) is 148 Å². The lowest BCUT2D eigenvalue weighted by molar-refractivity contribution is 0.0696. The highest BCUT2D eigenvalue weighted by Gasteiger charge is 2.07. The lowest BCUT2D eigenvalue weighted by Gasteiger charge is -2.10. The molecule has 0 saturated heterocycles. The largest absolute Gasteiger partial charge is 0.478 e. The van der Waals surface area contributed by atoms with Crippen LogP contribution in [0.3, 0.4) is 0 Å². The first-order chi connectivity index (χ1) is 24.1. The zero-order valence-electron chi connectivity index (χ0n) is 28.8. The summed E-state index contributed by atoms with van der Waals surface area (Å²) in [6.07, 6.45) is 1.25. The van der Waals surface area contributed by atoms with E-state index in [-0.39, 0.29) is 5.91 Å². The van der Waals surface area contributed by atoms with E-state index in [9.17, 15) is 14.4 Å². The van der Waals surface area contributed by atoms with Crippen molar-refractivity contribution in [2.45, 2.75) is 20.3 Å². The summed E-state index contributed by atoms with van der Waals surface area (Å²) in [5.41, 5.74) is 8.18. The number of nitrogens with zero attached hydrogens (tertiary/aromatic N) is 1. The summed E-state index contributed by atoms with van der Waals surface area (Å²) in [6.45, 7) is 4.25. The molecule has 0 unspecified atom stereocenters. The molecule has 0 fully saturated rings. The average Bonchev–Trinajstić information content (AvgIpc) is 3.16. The van der Waals surface area contributed by atoms with E-state index in [1.165, 1.54) is 6.42 Å². The van der Waals surface area contributed by atoms with Gasteiger partial charge in [0.25, 0.3) is 11.1 Å². The van der Waals surface area contributed by atoms with E-state index in [1.807, 2.05) is 127 Å². The first-order valence-corrected chi connectivity index (χ1v) is 16.6. The Morgan fingerprint density at radius 2 is 0.720 bits per heavy atom. The van der Waals surface area contributed by atoms with Gasteiger partial charge in [-0.2, -0.15) is 0 Å². The summed E-state index contributed by atoms with van der Waals surface area (Å²) in [5.74, 6) is -0.862. The summed E-state index contributed by atoms with van der Waals surface area (Å²) < 4.78 is 0. The van der Waals surface area contributed by atoms with Crippen LogP contribution in [0.5, 0.6) is 0 Å². The van der Waals surface area contributed by atoms with Gasteiger partial charge in [-0.3, -0.25) is 9.59 Å². The third kappa shape index (κ3) is 12.3. The van der Waals surface area contributed by atoms with Crippen LogP contribution in [-0.4, -0.2) is 41.2 Å². The van der Waals surface area contributed by atoms with Crippen molar-refractivity contribution in [3.05, 3.63) is 180 Å². The number of amides is 1. The van der Waals surface area contributed by atoms with Crippen LogP contribution < -0.4 is 0 Å². The molecule has 0 spiro atoms. The predicted molar refractivity (Wildman–Crippen MR) is 207 cm³/mol. The van der Waals surface area contributed by atoms with E-state index in [0.29, 0.717) is 11.1 Å². The SMILES string of the molecule is CCC.CN(C)C(=O)c1ccc(-c2ccccc2)cc1.O=C(Cl)c1ccc(-c2ccccc2)cc1.O=C(O)c1ccc(-c2ccccc2)cc1. The zero-order chi connectivity index (χ0) is 36.3. The van der Waals surface area contributed by atoms with Crippen LogP contribution in [0.15, 0.2) is 164 Å². The summed E-state index contributed by atoms with van der Waals surface area (Å²) in [4.78, 5) is 34.8. The molecule has 0 heterocycles. The Kier molecular flexibility index (Phi) is 15.9. The number of benzene rings is 6. The van der Waals surface area contributed by atoms with Crippen molar-refractivity contribution in [2.24, 2.45) is 0 Å². The van der Waals surface area contributed by atoms with Crippen LogP contribution in [0.2, 0.25) is 0 Å². The maximum atomic E-state index is 11.7. The van der Waals surface area contributed by atoms with Gasteiger partial charge in [-0.25, -0.2) is 4.79 Å². The van der Waals surface area contributed by atoms with Gasteiger partial charge in [0.1, 0.15) is 0 Å². The molecule has 1 N–H and O–H groups in total. The van der Waals surface area contributed by atoms with Crippen molar-refractivity contribution in [2.75, 3.05) is 14.1 Å². The molecular formula is C44H42ClNO4. The van der Waals surface area contributed by atoms with Crippen LogP contribution >= 0.6 is 11.6 Å². The zero-order valence-corrected chi connectivity index (χ0v) is 29.5. The van der Waals surface area contributed by atoms with Gasteiger partial charge in [-0.05, 0) is 81.4 Å². The molecule has 1 amide bonds. The molecule has 0 aromatic heterocycles. The molecule has 6 aromatic rings. The van der Waals surface area contributed by atoms with Gasteiger partial charge < -0.3 is 10.0 Å². The lowest BCUT2D eigenvalue weighted by atomic mass is 10.0. The Labute approximate surface area is 300 Å². The quantitative estimate of drug-likeness (QED) is 0.177. The Morgan fingerprint density at radius 3 is 0.980 bits per heavy atom. The van der Waals surface area contributed by atoms with Gasteiger partial charge in [0.05, 0.1) is 5.56 Å². The molecule has 0 aliphatic carbocycles. The van der Waals surface area contributed by atoms with E-state index < -0.39 is 11.2 Å². The number of hydrogen-bond acceptors (Lipinski definition) is 3. The van der Waals surface area contributed by atoms with Crippen LogP contribution in [0.4, 0.5) is 0 Å².